The van der Waals surface area contributed by atoms with Gasteiger partial charge in [0.1, 0.15) is 5.82 Å². The third-order valence-electron chi connectivity index (χ3n) is 6.33. The van der Waals surface area contributed by atoms with E-state index in [1.165, 1.54) is 12.8 Å². The summed E-state index contributed by atoms with van der Waals surface area (Å²) >= 11 is 0. The summed E-state index contributed by atoms with van der Waals surface area (Å²) in [5.74, 6) is 5.12. The first-order chi connectivity index (χ1) is 16.8. The predicted molar refractivity (Wildman–Crippen MR) is 137 cm³/mol. The highest BCUT2D eigenvalue weighted by molar-refractivity contribution is 5.82. The molecule has 0 amide bonds. The molecule has 4 nitrogen and oxygen atoms in total. The number of ether oxygens (including phenoxy) is 2. The van der Waals surface area contributed by atoms with Crippen LogP contribution in [0.5, 0.6) is 11.5 Å². The van der Waals surface area contributed by atoms with E-state index < -0.39 is 0 Å². The first kappa shape index (κ1) is 21.9. The molecule has 170 valence electrons. The van der Waals surface area contributed by atoms with E-state index in [2.05, 4.69) is 34.8 Å². The van der Waals surface area contributed by atoms with Crippen molar-refractivity contribution in [2.75, 3.05) is 7.11 Å². The number of aromatic nitrogens is 2. The lowest BCUT2D eigenvalue weighted by atomic mass is 10.0. The van der Waals surface area contributed by atoms with E-state index in [1.54, 1.807) is 7.11 Å². The van der Waals surface area contributed by atoms with Crippen LogP contribution >= 0.6 is 0 Å². The summed E-state index contributed by atoms with van der Waals surface area (Å²) in [4.78, 5) is 5.13. The lowest BCUT2D eigenvalue weighted by molar-refractivity contribution is 0.201. The number of imidazole rings is 1. The standard InChI is InChI=1S/C30H28N2O2/c1-3-20-32-29(23-14-8-5-9-15-23)28(22-12-6-4-7-13-22)31-30(32)24-18-19-26(27(21-24)33-2)34-25-16-10-11-17-25/h1,4-9,12-15,18-19,21,25H,10-11,16-17,20H2,2H3. The van der Waals surface area contributed by atoms with Crippen molar-refractivity contribution in [2.24, 2.45) is 0 Å². The number of benzene rings is 3. The Bertz CT molecular complexity index is 1300. The van der Waals surface area contributed by atoms with Gasteiger partial charge in [-0.1, -0.05) is 66.6 Å². The van der Waals surface area contributed by atoms with Crippen molar-refractivity contribution in [1.82, 2.24) is 9.55 Å². The Labute approximate surface area is 201 Å². The maximum absolute atomic E-state index is 6.25. The fourth-order valence-corrected chi connectivity index (χ4v) is 4.69. The second-order valence-electron chi connectivity index (χ2n) is 8.54. The average Bonchev–Trinajstić information content (AvgIpc) is 3.54. The van der Waals surface area contributed by atoms with E-state index in [9.17, 15) is 0 Å². The summed E-state index contributed by atoms with van der Waals surface area (Å²) in [6.07, 6.45) is 10.7. The summed E-state index contributed by atoms with van der Waals surface area (Å²) in [6.45, 7) is 0.405. The maximum Gasteiger partial charge on any atom is 0.161 e. The van der Waals surface area contributed by atoms with E-state index in [0.717, 1.165) is 52.5 Å². The van der Waals surface area contributed by atoms with Crippen molar-refractivity contribution in [1.29, 1.82) is 0 Å². The number of hydrogen-bond acceptors (Lipinski definition) is 3. The molecule has 0 bridgehead atoms. The normalized spacial score (nSPS) is 13.5. The van der Waals surface area contributed by atoms with E-state index >= 15 is 0 Å². The van der Waals surface area contributed by atoms with Crippen molar-refractivity contribution in [3.8, 4) is 57.7 Å². The van der Waals surface area contributed by atoms with Crippen LogP contribution in [0.4, 0.5) is 0 Å². The van der Waals surface area contributed by atoms with Crippen LogP contribution in [0, 0.1) is 12.3 Å². The van der Waals surface area contributed by atoms with Crippen LogP contribution in [-0.4, -0.2) is 22.8 Å². The quantitative estimate of drug-likeness (QED) is 0.290. The minimum Gasteiger partial charge on any atom is -0.493 e. The second-order valence-corrected chi connectivity index (χ2v) is 8.54. The highest BCUT2D eigenvalue weighted by Crippen LogP contribution is 2.39. The molecule has 4 aromatic rings. The summed E-state index contributed by atoms with van der Waals surface area (Å²) in [7, 11) is 1.68. The van der Waals surface area contributed by atoms with Crippen molar-refractivity contribution in [3.63, 3.8) is 0 Å². The highest BCUT2D eigenvalue weighted by Gasteiger charge is 2.23. The number of nitrogens with zero attached hydrogens (tertiary/aromatic N) is 2. The second kappa shape index (κ2) is 9.89. The van der Waals surface area contributed by atoms with Gasteiger partial charge in [-0.05, 0) is 43.9 Å². The number of hydrogen-bond donors (Lipinski definition) is 0. The third-order valence-corrected chi connectivity index (χ3v) is 6.33. The Kier molecular flexibility index (Phi) is 6.35. The van der Waals surface area contributed by atoms with Gasteiger partial charge in [-0.15, -0.1) is 6.42 Å². The fourth-order valence-electron chi connectivity index (χ4n) is 4.69. The number of rotatable bonds is 7. The Balaban J connectivity index is 1.65. The predicted octanol–water partition coefficient (Wildman–Crippen LogP) is 6.85. The Morgan fingerprint density at radius 3 is 2.21 bits per heavy atom. The fraction of sp³-hybridized carbons (Fsp3) is 0.233. The van der Waals surface area contributed by atoms with Crippen LogP contribution in [-0.2, 0) is 6.54 Å². The van der Waals surface area contributed by atoms with Gasteiger partial charge in [0.05, 0.1) is 31.1 Å². The zero-order valence-electron chi connectivity index (χ0n) is 19.4. The van der Waals surface area contributed by atoms with E-state index in [-0.39, 0.29) is 6.10 Å². The van der Waals surface area contributed by atoms with Crippen LogP contribution < -0.4 is 9.47 Å². The molecule has 0 spiro atoms. The molecule has 34 heavy (non-hydrogen) atoms. The smallest absolute Gasteiger partial charge is 0.161 e. The van der Waals surface area contributed by atoms with Gasteiger partial charge in [-0.3, -0.25) is 0 Å². The minimum absolute atomic E-state index is 0.262. The van der Waals surface area contributed by atoms with Gasteiger partial charge in [-0.25, -0.2) is 4.98 Å². The van der Waals surface area contributed by atoms with Crippen molar-refractivity contribution < 1.29 is 9.47 Å². The third kappa shape index (κ3) is 4.30. The van der Waals surface area contributed by atoms with Crippen LogP contribution in [0.3, 0.4) is 0 Å². The Hall–Kier alpha value is -3.97. The van der Waals surface area contributed by atoms with Gasteiger partial charge in [0.15, 0.2) is 11.5 Å². The molecule has 0 radical (unpaired) electrons. The van der Waals surface area contributed by atoms with Gasteiger partial charge in [0, 0.05) is 16.7 Å². The largest absolute Gasteiger partial charge is 0.493 e. The molecule has 1 saturated carbocycles. The Morgan fingerprint density at radius 1 is 0.882 bits per heavy atom. The molecule has 1 heterocycles. The molecule has 4 heteroatoms. The van der Waals surface area contributed by atoms with Gasteiger partial charge >= 0.3 is 0 Å². The molecular weight excluding hydrogens is 420 g/mol. The van der Waals surface area contributed by atoms with Gasteiger partial charge in [0.25, 0.3) is 0 Å². The maximum atomic E-state index is 6.25. The van der Waals surface area contributed by atoms with E-state index in [1.807, 2.05) is 54.6 Å². The zero-order chi connectivity index (χ0) is 23.3. The monoisotopic (exact) mass is 448 g/mol. The lowest BCUT2D eigenvalue weighted by Gasteiger charge is -2.17. The first-order valence-electron chi connectivity index (χ1n) is 11.8. The molecule has 5 rings (SSSR count). The first-order valence-corrected chi connectivity index (χ1v) is 11.8. The van der Waals surface area contributed by atoms with Gasteiger partial charge in [0.2, 0.25) is 0 Å². The van der Waals surface area contributed by atoms with E-state index in [0.29, 0.717) is 12.3 Å². The topological polar surface area (TPSA) is 36.3 Å². The van der Waals surface area contributed by atoms with Crippen molar-refractivity contribution >= 4 is 0 Å². The minimum atomic E-state index is 0.262. The molecule has 1 aromatic heterocycles. The molecule has 0 atom stereocenters. The Morgan fingerprint density at radius 2 is 1.56 bits per heavy atom. The molecule has 1 fully saturated rings. The van der Waals surface area contributed by atoms with Gasteiger partial charge < -0.3 is 14.0 Å². The summed E-state index contributed by atoms with van der Waals surface area (Å²) < 4.78 is 14.1. The van der Waals surface area contributed by atoms with Crippen LogP contribution in [0.15, 0.2) is 78.9 Å². The molecule has 0 N–H and O–H groups in total. The summed E-state index contributed by atoms with van der Waals surface area (Å²) in [5.41, 5.74) is 4.97. The molecule has 1 aliphatic rings. The average molecular weight is 449 g/mol. The van der Waals surface area contributed by atoms with Crippen molar-refractivity contribution in [3.05, 3.63) is 78.9 Å². The SMILES string of the molecule is C#CCn1c(-c2ccc(OC3CCCC3)c(OC)c2)nc(-c2ccccc2)c1-c1ccccc1. The van der Waals surface area contributed by atoms with Gasteiger partial charge in [-0.2, -0.15) is 0 Å². The number of methoxy groups -OCH3 is 1. The number of terminal acetylenes is 1. The van der Waals surface area contributed by atoms with Crippen LogP contribution in [0.2, 0.25) is 0 Å². The highest BCUT2D eigenvalue weighted by atomic mass is 16.5. The lowest BCUT2D eigenvalue weighted by Crippen LogP contribution is -2.11. The molecular formula is C30H28N2O2. The summed E-state index contributed by atoms with van der Waals surface area (Å²) in [5, 5.41) is 0. The summed E-state index contributed by atoms with van der Waals surface area (Å²) in [6, 6.07) is 26.6. The van der Waals surface area contributed by atoms with Crippen LogP contribution in [0.1, 0.15) is 25.7 Å². The molecule has 0 unspecified atom stereocenters. The molecule has 0 saturated heterocycles. The van der Waals surface area contributed by atoms with E-state index in [4.69, 9.17) is 20.9 Å². The zero-order valence-corrected chi connectivity index (χ0v) is 19.4. The molecule has 3 aromatic carbocycles. The molecule has 0 aliphatic heterocycles. The van der Waals surface area contributed by atoms with Crippen LogP contribution in [0.25, 0.3) is 33.9 Å². The van der Waals surface area contributed by atoms with Crippen molar-refractivity contribution in [2.45, 2.75) is 38.3 Å². The molecule has 1 aliphatic carbocycles.